The standard InChI is InChI=1S/C9H19NO3PS.CH3B/c1-7(2)13-9(11)8(3)10-14(4)12-5-6-15-14;1-2/h7-8,10H,5-6H2,1-4H3;1H3/q+1;. The minimum absolute atomic E-state index is 0.0648. The van der Waals surface area contributed by atoms with Crippen LogP contribution in [0.3, 0.4) is 0 Å². The summed E-state index contributed by atoms with van der Waals surface area (Å²) in [5.74, 6) is 0.797. The summed E-state index contributed by atoms with van der Waals surface area (Å²) in [7, 11) is 4.50. The molecule has 7 heteroatoms. The second kappa shape index (κ2) is 8.36. The van der Waals surface area contributed by atoms with Crippen molar-refractivity contribution in [1.29, 1.82) is 0 Å². The van der Waals surface area contributed by atoms with Gasteiger partial charge >= 0.3 is 5.97 Å². The fraction of sp³-hybridized carbons (Fsp3) is 0.900. The van der Waals surface area contributed by atoms with Gasteiger partial charge in [0, 0.05) is 0 Å². The van der Waals surface area contributed by atoms with Crippen LogP contribution in [0.5, 0.6) is 0 Å². The first kappa shape index (κ1) is 17.2. The monoisotopic (exact) mass is 278 g/mol. The molecule has 2 radical (unpaired) electrons. The van der Waals surface area contributed by atoms with Crippen molar-refractivity contribution < 1.29 is 14.1 Å². The van der Waals surface area contributed by atoms with E-state index >= 15 is 0 Å². The van der Waals surface area contributed by atoms with E-state index < -0.39 is 6.84 Å². The number of ether oxygens (including phenoxy) is 1. The summed E-state index contributed by atoms with van der Waals surface area (Å²) in [6.07, 6.45) is -0.0648. The maximum atomic E-state index is 11.6. The Bertz CT molecular complexity index is 238. The highest BCUT2D eigenvalue weighted by Gasteiger charge is 2.43. The number of rotatable bonds is 4. The van der Waals surface area contributed by atoms with Crippen LogP contribution < -0.4 is 5.09 Å². The van der Waals surface area contributed by atoms with Crippen molar-refractivity contribution >= 4 is 32.0 Å². The largest absolute Gasteiger partial charge is 0.462 e. The molecule has 0 amide bonds. The molecule has 0 aliphatic carbocycles. The first-order valence-electron chi connectivity index (χ1n) is 5.64. The van der Waals surface area contributed by atoms with Gasteiger partial charge in [-0.3, -0.25) is 4.79 Å². The second-order valence-electron chi connectivity index (χ2n) is 3.85. The van der Waals surface area contributed by atoms with E-state index in [2.05, 4.69) is 12.9 Å². The van der Waals surface area contributed by atoms with Gasteiger partial charge in [-0.25, -0.2) is 4.52 Å². The third-order valence-corrected chi connectivity index (χ3v) is 6.92. The molecular weight excluding hydrogens is 256 g/mol. The normalized spacial score (nSPS) is 25.1. The maximum absolute atomic E-state index is 11.6. The van der Waals surface area contributed by atoms with E-state index in [4.69, 9.17) is 9.26 Å². The van der Waals surface area contributed by atoms with Crippen LogP contribution in [0.1, 0.15) is 20.8 Å². The lowest BCUT2D eigenvalue weighted by Crippen LogP contribution is -2.35. The summed E-state index contributed by atoms with van der Waals surface area (Å²) in [5, 5.41) is 3.24. The van der Waals surface area contributed by atoms with E-state index in [1.807, 2.05) is 27.4 Å². The van der Waals surface area contributed by atoms with Gasteiger partial charge in [-0.2, -0.15) is 0 Å². The fourth-order valence-electron chi connectivity index (χ4n) is 1.27. The van der Waals surface area contributed by atoms with E-state index in [9.17, 15) is 4.79 Å². The van der Waals surface area contributed by atoms with Gasteiger partial charge in [-0.15, -0.1) is 5.09 Å². The summed E-state index contributed by atoms with van der Waals surface area (Å²) in [4.78, 5) is 11.6. The minimum atomic E-state index is -1.61. The number of hydrogen-bond acceptors (Lipinski definition) is 5. The van der Waals surface area contributed by atoms with Crippen molar-refractivity contribution in [1.82, 2.24) is 5.09 Å². The zero-order valence-corrected chi connectivity index (χ0v) is 12.9. The van der Waals surface area contributed by atoms with E-state index in [-0.39, 0.29) is 18.1 Å². The van der Waals surface area contributed by atoms with Gasteiger partial charge in [0.2, 0.25) is 0 Å². The number of esters is 1. The summed E-state index contributed by atoms with van der Waals surface area (Å²) < 4.78 is 10.7. The average molecular weight is 278 g/mol. The number of carbonyl (C=O) groups excluding carboxylic acids is 1. The molecule has 0 saturated carbocycles. The highest BCUT2D eigenvalue weighted by atomic mass is 32.7. The lowest BCUT2D eigenvalue weighted by molar-refractivity contribution is -0.148. The molecule has 2 atom stereocenters. The van der Waals surface area contributed by atoms with Gasteiger partial charge in [0.1, 0.15) is 19.3 Å². The van der Waals surface area contributed by atoms with Gasteiger partial charge in [0.05, 0.1) is 31.1 Å². The molecule has 0 spiro atoms. The molecule has 0 aromatic heterocycles. The molecule has 4 nitrogen and oxygen atoms in total. The van der Waals surface area contributed by atoms with Crippen LogP contribution in [0.15, 0.2) is 0 Å². The molecule has 0 bridgehead atoms. The van der Waals surface area contributed by atoms with Crippen LogP contribution in [-0.4, -0.2) is 45.0 Å². The topological polar surface area (TPSA) is 47.6 Å². The van der Waals surface area contributed by atoms with Crippen molar-refractivity contribution in [3.63, 3.8) is 0 Å². The Morgan fingerprint density at radius 1 is 1.47 bits per heavy atom. The highest BCUT2D eigenvalue weighted by Crippen LogP contribution is 2.68. The Morgan fingerprint density at radius 3 is 2.47 bits per heavy atom. The van der Waals surface area contributed by atoms with Crippen molar-refractivity contribution in [2.24, 2.45) is 0 Å². The average Bonchev–Trinajstić information content (AvgIpc) is 2.66. The Morgan fingerprint density at radius 2 is 2.06 bits per heavy atom. The minimum Gasteiger partial charge on any atom is -0.462 e. The summed E-state index contributed by atoms with van der Waals surface area (Å²) >= 11 is 1.78. The first-order chi connectivity index (χ1) is 7.93. The summed E-state index contributed by atoms with van der Waals surface area (Å²) in [6, 6.07) is -0.295. The van der Waals surface area contributed by atoms with Gasteiger partial charge in [-0.05, 0) is 20.8 Å². The molecule has 1 fully saturated rings. The molecule has 98 valence electrons. The molecule has 1 rings (SSSR count). The van der Waals surface area contributed by atoms with Crippen LogP contribution in [0.25, 0.3) is 0 Å². The number of carbonyl (C=O) groups is 1. The van der Waals surface area contributed by atoms with E-state index in [1.165, 1.54) is 6.82 Å². The third kappa shape index (κ3) is 6.65. The van der Waals surface area contributed by atoms with Crippen molar-refractivity contribution in [3.05, 3.63) is 0 Å². The zero-order valence-electron chi connectivity index (χ0n) is 11.2. The zero-order chi connectivity index (χ0) is 13.5. The first-order valence-corrected chi connectivity index (χ1v) is 9.39. The molecule has 1 aliphatic heterocycles. The molecule has 1 aliphatic rings. The van der Waals surface area contributed by atoms with Crippen molar-refractivity contribution in [2.45, 2.75) is 39.7 Å². The fourth-order valence-corrected chi connectivity index (χ4v) is 5.79. The van der Waals surface area contributed by atoms with Crippen LogP contribution in [0.4, 0.5) is 0 Å². The number of hydrogen-bond donors (Lipinski definition) is 1. The Hall–Kier alpha value is 0.235. The molecular formula is C10H22BNO3PS+. The van der Waals surface area contributed by atoms with Crippen molar-refractivity contribution in [2.75, 3.05) is 19.0 Å². The van der Waals surface area contributed by atoms with E-state index in [0.717, 1.165) is 12.4 Å². The molecule has 17 heavy (non-hydrogen) atoms. The molecule has 0 aromatic rings. The predicted octanol–water partition coefficient (Wildman–Crippen LogP) is 2.27. The molecule has 1 heterocycles. The second-order valence-corrected chi connectivity index (χ2v) is 9.59. The summed E-state index contributed by atoms with van der Waals surface area (Å²) in [6.45, 7) is 8.23. The molecule has 1 saturated heterocycles. The lowest BCUT2D eigenvalue weighted by Gasteiger charge is -2.19. The van der Waals surface area contributed by atoms with Crippen LogP contribution >= 0.6 is 18.2 Å². The Labute approximate surface area is 110 Å². The molecule has 0 aromatic carbocycles. The molecule has 1 N–H and O–H groups in total. The third-order valence-electron chi connectivity index (χ3n) is 1.89. The van der Waals surface area contributed by atoms with Crippen LogP contribution in [0, 0.1) is 0 Å². The smallest absolute Gasteiger partial charge is 0.326 e. The summed E-state index contributed by atoms with van der Waals surface area (Å²) in [5.41, 5.74) is 0. The van der Waals surface area contributed by atoms with Gasteiger partial charge < -0.3 is 4.74 Å². The van der Waals surface area contributed by atoms with E-state index in [1.54, 1.807) is 11.4 Å². The van der Waals surface area contributed by atoms with Gasteiger partial charge in [0.15, 0.2) is 0 Å². The van der Waals surface area contributed by atoms with E-state index in [0.29, 0.717) is 0 Å². The Kier molecular flexibility index (Phi) is 8.47. The van der Waals surface area contributed by atoms with Crippen molar-refractivity contribution in [3.8, 4) is 0 Å². The van der Waals surface area contributed by atoms with Gasteiger partial charge in [-0.1, -0.05) is 6.82 Å². The van der Waals surface area contributed by atoms with Crippen LogP contribution in [0.2, 0.25) is 6.82 Å². The maximum Gasteiger partial charge on any atom is 0.326 e. The number of nitrogens with one attached hydrogen (secondary N) is 1. The highest BCUT2D eigenvalue weighted by molar-refractivity contribution is 8.60. The quantitative estimate of drug-likeness (QED) is 0.485. The molecule has 2 unspecified atom stereocenters. The van der Waals surface area contributed by atoms with Crippen LogP contribution in [-0.2, 0) is 14.1 Å². The lowest BCUT2D eigenvalue weighted by atomic mass is 10.2. The SMILES string of the molecule is CC(C)OC(=O)C(C)N[P+]1(C)OCCS1.[B]C. The Balaban J connectivity index is 0.00000121. The van der Waals surface area contributed by atoms with Gasteiger partial charge in [0.25, 0.3) is 6.84 Å². The predicted molar refractivity (Wildman–Crippen MR) is 76.7 cm³/mol.